The first kappa shape index (κ1) is 17.7. The van der Waals surface area contributed by atoms with Crippen LogP contribution in [0.25, 0.3) is 22.2 Å². The van der Waals surface area contributed by atoms with Crippen LogP contribution in [0.2, 0.25) is 0 Å². The molecule has 3 N–H and O–H groups in total. The molecular formula is C19H22N4O3. The van der Waals surface area contributed by atoms with Gasteiger partial charge in [0.15, 0.2) is 0 Å². The molecule has 3 rings (SSSR count). The van der Waals surface area contributed by atoms with E-state index in [9.17, 15) is 4.79 Å². The molecule has 7 heteroatoms. The van der Waals surface area contributed by atoms with E-state index >= 15 is 0 Å². The van der Waals surface area contributed by atoms with E-state index in [0.29, 0.717) is 29.4 Å². The van der Waals surface area contributed by atoms with Crippen molar-refractivity contribution >= 4 is 17.1 Å². The van der Waals surface area contributed by atoms with Gasteiger partial charge in [-0.05, 0) is 47.7 Å². The number of methoxy groups -OCH3 is 1. The second-order valence-electron chi connectivity index (χ2n) is 6.56. The minimum atomic E-state index is -1.07. The van der Waals surface area contributed by atoms with E-state index < -0.39 is 12.1 Å². The topological polar surface area (TPSA) is 100 Å². The number of H-pyrrole nitrogens is 1. The van der Waals surface area contributed by atoms with Gasteiger partial charge in [-0.15, -0.1) is 0 Å². The zero-order valence-corrected chi connectivity index (χ0v) is 15.0. The Balaban J connectivity index is 2.07. The molecule has 0 saturated heterocycles. The highest BCUT2D eigenvalue weighted by molar-refractivity contribution is 5.87. The number of carboxylic acid groups (broad SMARTS) is 1. The third-order valence-corrected chi connectivity index (χ3v) is 4.14. The number of fused-ring (bicyclic) bond motifs is 1. The summed E-state index contributed by atoms with van der Waals surface area (Å²) >= 11 is 0. The summed E-state index contributed by atoms with van der Waals surface area (Å²) in [6.45, 7) is 4.09. The number of aromatic nitrogens is 3. The fraction of sp³-hybridized carbons (Fsp3) is 0.316. The lowest BCUT2D eigenvalue weighted by atomic mass is 10.0. The van der Waals surface area contributed by atoms with Gasteiger partial charge in [0.2, 0.25) is 0 Å². The van der Waals surface area contributed by atoms with Gasteiger partial charge in [0.1, 0.15) is 17.1 Å². The third-order valence-electron chi connectivity index (χ3n) is 4.14. The number of imidazole rings is 1. The zero-order valence-electron chi connectivity index (χ0n) is 15.0. The lowest BCUT2D eigenvalue weighted by molar-refractivity contribution is 0.187. The molecule has 1 atom stereocenters. The Morgan fingerprint density at radius 3 is 2.62 bits per heavy atom. The van der Waals surface area contributed by atoms with Gasteiger partial charge < -0.3 is 20.1 Å². The Bertz CT molecular complexity index is 906. The normalized spacial score (nSPS) is 12.3. The highest BCUT2D eigenvalue weighted by atomic mass is 16.5. The molecule has 0 aliphatic rings. The Hall–Kier alpha value is -3.09. The standard InChI is InChI=1S/C19H22N4O3/c1-11(2)8-15(22-19(24)25)18-21-14-9-13(12-4-6-20-7-5-12)10-16(26-3)17(14)23-18/h4-7,9-11,15,22H,8H2,1-3H3,(H,21,23)(H,24,25). The average Bonchev–Trinajstić information content (AvgIpc) is 3.04. The Morgan fingerprint density at radius 2 is 2.00 bits per heavy atom. The average molecular weight is 354 g/mol. The van der Waals surface area contributed by atoms with Gasteiger partial charge in [0.05, 0.1) is 18.7 Å². The second-order valence-corrected chi connectivity index (χ2v) is 6.56. The monoisotopic (exact) mass is 354 g/mol. The van der Waals surface area contributed by atoms with E-state index in [1.54, 1.807) is 19.5 Å². The van der Waals surface area contributed by atoms with Crippen LogP contribution in [0.1, 0.15) is 32.1 Å². The first-order valence-corrected chi connectivity index (χ1v) is 8.45. The molecule has 0 spiro atoms. The molecular weight excluding hydrogens is 332 g/mol. The van der Waals surface area contributed by atoms with Crippen molar-refractivity contribution in [1.29, 1.82) is 0 Å². The molecule has 7 nitrogen and oxygen atoms in total. The summed E-state index contributed by atoms with van der Waals surface area (Å²) < 4.78 is 5.51. The number of nitrogens with one attached hydrogen (secondary N) is 2. The van der Waals surface area contributed by atoms with Gasteiger partial charge in [-0.25, -0.2) is 9.78 Å². The summed E-state index contributed by atoms with van der Waals surface area (Å²) in [6.07, 6.45) is 3.05. The molecule has 136 valence electrons. The molecule has 2 aromatic heterocycles. The van der Waals surface area contributed by atoms with Crippen molar-refractivity contribution in [3.05, 3.63) is 42.5 Å². The van der Waals surface area contributed by atoms with Gasteiger partial charge in [-0.1, -0.05) is 13.8 Å². The van der Waals surface area contributed by atoms with Crippen LogP contribution in [0.15, 0.2) is 36.7 Å². The van der Waals surface area contributed by atoms with Crippen LogP contribution in [0, 0.1) is 5.92 Å². The van der Waals surface area contributed by atoms with Crippen molar-refractivity contribution in [2.45, 2.75) is 26.3 Å². The van der Waals surface area contributed by atoms with Crippen molar-refractivity contribution < 1.29 is 14.6 Å². The number of pyridine rings is 1. The number of rotatable bonds is 6. The fourth-order valence-corrected chi connectivity index (χ4v) is 3.00. The molecule has 0 aliphatic carbocycles. The lowest BCUT2D eigenvalue weighted by Gasteiger charge is -2.16. The van der Waals surface area contributed by atoms with Crippen molar-refractivity contribution in [3.63, 3.8) is 0 Å². The van der Waals surface area contributed by atoms with Gasteiger partial charge >= 0.3 is 6.09 Å². The number of ether oxygens (including phenoxy) is 1. The van der Waals surface area contributed by atoms with E-state index in [1.807, 2.05) is 38.1 Å². The minimum Gasteiger partial charge on any atom is -0.494 e. The molecule has 2 heterocycles. The van der Waals surface area contributed by atoms with Gasteiger partial charge in [0, 0.05) is 12.4 Å². The van der Waals surface area contributed by atoms with E-state index in [2.05, 4.69) is 20.3 Å². The largest absolute Gasteiger partial charge is 0.494 e. The molecule has 0 aliphatic heterocycles. The number of hydrogen-bond acceptors (Lipinski definition) is 4. The van der Waals surface area contributed by atoms with Crippen LogP contribution >= 0.6 is 0 Å². The van der Waals surface area contributed by atoms with Gasteiger partial charge in [0.25, 0.3) is 0 Å². The SMILES string of the molecule is COc1cc(-c2ccncc2)cc2[nH]c(C(CC(C)C)NC(=O)O)nc12. The zero-order chi connectivity index (χ0) is 18.7. The maximum atomic E-state index is 11.2. The van der Waals surface area contributed by atoms with Crippen molar-refractivity contribution in [2.75, 3.05) is 7.11 Å². The van der Waals surface area contributed by atoms with Crippen LogP contribution in [-0.4, -0.2) is 33.3 Å². The Kier molecular flexibility index (Phi) is 5.06. The van der Waals surface area contributed by atoms with Gasteiger partial charge in [-0.2, -0.15) is 0 Å². The van der Waals surface area contributed by atoms with Crippen LogP contribution in [0.3, 0.4) is 0 Å². The fourth-order valence-electron chi connectivity index (χ4n) is 3.00. The number of carbonyl (C=O) groups is 1. The highest BCUT2D eigenvalue weighted by Gasteiger charge is 2.21. The summed E-state index contributed by atoms with van der Waals surface area (Å²) in [6, 6.07) is 7.34. The maximum Gasteiger partial charge on any atom is 0.405 e. The maximum absolute atomic E-state index is 11.2. The van der Waals surface area contributed by atoms with Crippen LogP contribution in [0.5, 0.6) is 5.75 Å². The first-order chi connectivity index (χ1) is 12.5. The third kappa shape index (κ3) is 3.77. The summed E-state index contributed by atoms with van der Waals surface area (Å²) in [5.74, 6) is 1.53. The molecule has 26 heavy (non-hydrogen) atoms. The first-order valence-electron chi connectivity index (χ1n) is 8.45. The van der Waals surface area contributed by atoms with Crippen LogP contribution in [-0.2, 0) is 0 Å². The summed E-state index contributed by atoms with van der Waals surface area (Å²) in [5.41, 5.74) is 3.46. The number of hydrogen-bond donors (Lipinski definition) is 3. The van der Waals surface area contributed by atoms with E-state index in [1.165, 1.54) is 0 Å². The molecule has 0 saturated carbocycles. The highest BCUT2D eigenvalue weighted by Crippen LogP contribution is 2.32. The van der Waals surface area contributed by atoms with Crippen molar-refractivity contribution in [1.82, 2.24) is 20.3 Å². The smallest absolute Gasteiger partial charge is 0.405 e. The predicted molar refractivity (Wildman–Crippen MR) is 99.2 cm³/mol. The number of benzene rings is 1. The molecule has 1 unspecified atom stereocenters. The number of nitrogens with zero attached hydrogens (tertiary/aromatic N) is 2. The van der Waals surface area contributed by atoms with Crippen molar-refractivity contribution in [2.24, 2.45) is 5.92 Å². The van der Waals surface area contributed by atoms with Crippen LogP contribution < -0.4 is 10.1 Å². The Labute approximate surface area is 151 Å². The van der Waals surface area contributed by atoms with Gasteiger partial charge in [-0.3, -0.25) is 4.98 Å². The molecule has 0 radical (unpaired) electrons. The van der Waals surface area contributed by atoms with Crippen molar-refractivity contribution in [3.8, 4) is 16.9 Å². The Morgan fingerprint density at radius 1 is 1.27 bits per heavy atom. The molecule has 3 aromatic rings. The minimum absolute atomic E-state index is 0.314. The summed E-state index contributed by atoms with van der Waals surface area (Å²) in [4.78, 5) is 23.1. The number of amides is 1. The summed E-state index contributed by atoms with van der Waals surface area (Å²) in [5, 5.41) is 11.7. The van der Waals surface area contributed by atoms with E-state index in [4.69, 9.17) is 9.84 Å². The molecule has 0 fully saturated rings. The van der Waals surface area contributed by atoms with E-state index in [0.717, 1.165) is 16.6 Å². The van der Waals surface area contributed by atoms with E-state index in [-0.39, 0.29) is 0 Å². The quantitative estimate of drug-likeness (QED) is 0.621. The summed E-state index contributed by atoms with van der Waals surface area (Å²) in [7, 11) is 1.60. The molecule has 0 bridgehead atoms. The van der Waals surface area contributed by atoms with Crippen LogP contribution in [0.4, 0.5) is 4.79 Å². The second kappa shape index (κ2) is 7.43. The number of aromatic amines is 1. The molecule has 1 amide bonds. The predicted octanol–water partition coefficient (Wildman–Crippen LogP) is 3.99. The lowest BCUT2D eigenvalue weighted by Crippen LogP contribution is -2.28. The molecule has 1 aromatic carbocycles.